The highest BCUT2D eigenvalue weighted by Gasteiger charge is 2.29. The minimum Gasteiger partial charge on any atom is -0.423 e. The molecule has 3 N–H and O–H groups in total. The number of hydrogen-bond donors (Lipinski definition) is 2. The van der Waals surface area contributed by atoms with Gasteiger partial charge in [-0.25, -0.2) is 0 Å². The Kier molecular flexibility index (Phi) is 1.83. The molecule has 62 valence electrons. The first-order valence-electron chi connectivity index (χ1n) is 3.66. The molecule has 3 nitrogen and oxygen atoms in total. The van der Waals surface area contributed by atoms with Crippen LogP contribution in [0.2, 0.25) is 0 Å². The number of fused-ring (bicyclic) bond motifs is 1. The van der Waals surface area contributed by atoms with Crippen LogP contribution in [0, 0.1) is 0 Å². The molecule has 0 saturated heterocycles. The van der Waals surface area contributed by atoms with E-state index < -0.39 is 7.12 Å². The Morgan fingerprint density at radius 1 is 1.58 bits per heavy atom. The van der Waals surface area contributed by atoms with E-state index in [4.69, 9.17) is 10.4 Å². The van der Waals surface area contributed by atoms with Gasteiger partial charge in [0, 0.05) is 5.69 Å². The average Bonchev–Trinajstić information content (AvgIpc) is 2.41. The molecule has 0 aromatic heterocycles. The molecule has 0 saturated carbocycles. The van der Waals surface area contributed by atoms with Crippen molar-refractivity contribution in [2.75, 3.05) is 5.73 Å². The second-order valence-electron chi connectivity index (χ2n) is 2.80. The first kappa shape index (κ1) is 8.05. The second kappa shape index (κ2) is 2.73. The fourth-order valence-corrected chi connectivity index (χ4v) is 1.79. The zero-order valence-corrected chi connectivity index (χ0v) is 7.60. The zero-order valence-electron chi connectivity index (χ0n) is 6.45. The molecule has 0 fully saturated rings. The molecule has 1 aromatic carbocycles. The molecular formula is C7H9BNO2P. The van der Waals surface area contributed by atoms with Crippen LogP contribution in [0.5, 0.6) is 0 Å². The Morgan fingerprint density at radius 3 is 3.08 bits per heavy atom. The summed E-state index contributed by atoms with van der Waals surface area (Å²) in [6, 6.07) is 3.71. The van der Waals surface area contributed by atoms with Gasteiger partial charge in [0.1, 0.15) is 0 Å². The Morgan fingerprint density at radius 2 is 2.33 bits per heavy atom. The van der Waals surface area contributed by atoms with Crippen molar-refractivity contribution < 1.29 is 9.68 Å². The van der Waals surface area contributed by atoms with Crippen molar-refractivity contribution in [3.05, 3.63) is 17.7 Å². The normalized spacial score (nSPS) is 15.0. The van der Waals surface area contributed by atoms with E-state index in [9.17, 15) is 5.02 Å². The van der Waals surface area contributed by atoms with E-state index in [0.717, 1.165) is 16.3 Å². The largest absolute Gasteiger partial charge is 0.492 e. The predicted molar refractivity (Wildman–Crippen MR) is 52.6 cm³/mol. The van der Waals surface area contributed by atoms with Gasteiger partial charge in [-0.05, 0) is 22.4 Å². The standard InChI is InChI=1S/C7H9BNO2P/c9-5-2-1-4-3-11-8(10)6(4)7(5)12/h1-2,10H,3,9,12H2. The molecule has 0 aliphatic carbocycles. The lowest BCUT2D eigenvalue weighted by molar-refractivity contribution is 0.275. The van der Waals surface area contributed by atoms with Crippen LogP contribution in [0.1, 0.15) is 5.56 Å². The van der Waals surface area contributed by atoms with Gasteiger partial charge in [-0.15, -0.1) is 9.24 Å². The first-order valence-corrected chi connectivity index (χ1v) is 4.24. The lowest BCUT2D eigenvalue weighted by Gasteiger charge is -2.05. The highest BCUT2D eigenvalue weighted by Crippen LogP contribution is 2.12. The van der Waals surface area contributed by atoms with Gasteiger partial charge in [0.15, 0.2) is 0 Å². The van der Waals surface area contributed by atoms with Gasteiger partial charge in [0.25, 0.3) is 0 Å². The van der Waals surface area contributed by atoms with Gasteiger partial charge in [-0.3, -0.25) is 0 Å². The quantitative estimate of drug-likeness (QED) is 0.306. The van der Waals surface area contributed by atoms with Gasteiger partial charge >= 0.3 is 7.12 Å². The van der Waals surface area contributed by atoms with E-state index in [-0.39, 0.29) is 0 Å². The number of rotatable bonds is 0. The van der Waals surface area contributed by atoms with Gasteiger partial charge in [-0.1, -0.05) is 6.07 Å². The molecule has 2 rings (SSSR count). The van der Waals surface area contributed by atoms with Gasteiger partial charge in [-0.2, -0.15) is 0 Å². The Labute approximate surface area is 73.3 Å². The molecular weight excluding hydrogens is 172 g/mol. The maximum atomic E-state index is 9.40. The number of anilines is 1. The third-order valence-corrected chi connectivity index (χ3v) is 2.70. The Hall–Kier alpha value is -0.565. The van der Waals surface area contributed by atoms with E-state index in [1.807, 2.05) is 12.1 Å². The lowest BCUT2D eigenvalue weighted by atomic mass is 9.79. The van der Waals surface area contributed by atoms with Crippen LogP contribution in [0.4, 0.5) is 5.69 Å². The van der Waals surface area contributed by atoms with Crippen molar-refractivity contribution in [2.24, 2.45) is 0 Å². The monoisotopic (exact) mass is 181 g/mol. The summed E-state index contributed by atoms with van der Waals surface area (Å²) in [5.74, 6) is 0. The summed E-state index contributed by atoms with van der Waals surface area (Å²) in [6.07, 6.45) is 0. The van der Waals surface area contributed by atoms with Crippen molar-refractivity contribution in [1.29, 1.82) is 0 Å². The lowest BCUT2D eigenvalue weighted by Crippen LogP contribution is -2.37. The topological polar surface area (TPSA) is 55.5 Å². The maximum Gasteiger partial charge on any atom is 0.492 e. The highest BCUT2D eigenvalue weighted by molar-refractivity contribution is 7.29. The Bertz CT molecular complexity index is 331. The van der Waals surface area contributed by atoms with E-state index in [2.05, 4.69) is 9.24 Å². The Balaban J connectivity index is 2.63. The summed E-state index contributed by atoms with van der Waals surface area (Å²) in [4.78, 5) is 0. The van der Waals surface area contributed by atoms with Crippen molar-refractivity contribution in [1.82, 2.24) is 0 Å². The SMILES string of the molecule is Nc1ccc2c(c1P)B(O)OC2. The number of hydrogen-bond acceptors (Lipinski definition) is 3. The second-order valence-corrected chi connectivity index (χ2v) is 3.38. The number of nitrogen functional groups attached to an aromatic ring is 1. The predicted octanol–water partition coefficient (Wildman–Crippen LogP) is -1.01. The van der Waals surface area contributed by atoms with Gasteiger partial charge in [0.05, 0.1) is 6.61 Å². The van der Waals surface area contributed by atoms with Gasteiger partial charge in [0.2, 0.25) is 0 Å². The molecule has 1 aliphatic rings. The summed E-state index contributed by atoms with van der Waals surface area (Å²) < 4.78 is 5.05. The van der Waals surface area contributed by atoms with Crippen LogP contribution >= 0.6 is 9.24 Å². The molecule has 0 radical (unpaired) electrons. The zero-order chi connectivity index (χ0) is 8.72. The molecule has 1 aliphatic heterocycles. The third kappa shape index (κ3) is 1.04. The van der Waals surface area contributed by atoms with Crippen LogP contribution in [0.25, 0.3) is 0 Å². The summed E-state index contributed by atoms with van der Waals surface area (Å²) in [5.41, 5.74) is 8.16. The van der Waals surface area contributed by atoms with Crippen LogP contribution in [-0.4, -0.2) is 12.1 Å². The fraction of sp³-hybridized carbons (Fsp3) is 0.143. The molecule has 1 atom stereocenters. The summed E-state index contributed by atoms with van der Waals surface area (Å²) >= 11 is 0. The first-order chi connectivity index (χ1) is 5.70. The fourth-order valence-electron chi connectivity index (χ4n) is 1.37. The van der Waals surface area contributed by atoms with E-state index in [1.165, 1.54) is 0 Å². The molecule has 0 bridgehead atoms. The molecule has 0 amide bonds. The van der Waals surface area contributed by atoms with E-state index >= 15 is 0 Å². The molecule has 12 heavy (non-hydrogen) atoms. The van der Waals surface area contributed by atoms with Gasteiger partial charge < -0.3 is 15.4 Å². The highest BCUT2D eigenvalue weighted by atomic mass is 31.0. The molecule has 5 heteroatoms. The summed E-state index contributed by atoms with van der Waals surface area (Å²) in [5, 5.41) is 10.2. The summed E-state index contributed by atoms with van der Waals surface area (Å²) in [7, 11) is 1.71. The maximum absolute atomic E-state index is 9.40. The number of benzene rings is 1. The number of nitrogens with two attached hydrogens (primary N) is 1. The van der Waals surface area contributed by atoms with Crippen LogP contribution in [0.15, 0.2) is 12.1 Å². The summed E-state index contributed by atoms with van der Waals surface area (Å²) in [6.45, 7) is 0.470. The molecule has 0 spiro atoms. The minimum absolute atomic E-state index is 0.470. The van der Waals surface area contributed by atoms with E-state index in [1.54, 1.807) is 0 Å². The van der Waals surface area contributed by atoms with Crippen molar-refractivity contribution >= 4 is 32.8 Å². The molecule has 1 aromatic rings. The third-order valence-electron chi connectivity index (χ3n) is 2.05. The molecule has 1 unspecified atom stereocenters. The average molecular weight is 181 g/mol. The van der Waals surface area contributed by atoms with Crippen molar-refractivity contribution in [3.63, 3.8) is 0 Å². The smallest absolute Gasteiger partial charge is 0.423 e. The minimum atomic E-state index is -0.809. The van der Waals surface area contributed by atoms with E-state index in [0.29, 0.717) is 12.3 Å². The molecule has 1 heterocycles. The van der Waals surface area contributed by atoms with Crippen molar-refractivity contribution in [3.8, 4) is 0 Å². The van der Waals surface area contributed by atoms with Crippen molar-refractivity contribution in [2.45, 2.75) is 6.61 Å². The van der Waals surface area contributed by atoms with Crippen LogP contribution < -0.4 is 16.5 Å². The van der Waals surface area contributed by atoms with Crippen LogP contribution in [0.3, 0.4) is 0 Å². The van der Waals surface area contributed by atoms with Crippen LogP contribution in [-0.2, 0) is 11.3 Å².